The summed E-state index contributed by atoms with van der Waals surface area (Å²) in [6.07, 6.45) is 3.93. The summed E-state index contributed by atoms with van der Waals surface area (Å²) >= 11 is 5.60. The number of hydrogen-bond donors (Lipinski definition) is 2. The lowest BCUT2D eigenvalue weighted by Crippen LogP contribution is -2.26. The monoisotopic (exact) mass is 408 g/mol. The molecule has 2 aromatic carbocycles. The van der Waals surface area contributed by atoms with Gasteiger partial charge in [-0.2, -0.15) is 0 Å². The predicted octanol–water partition coefficient (Wildman–Crippen LogP) is 3.21. The largest absolute Gasteiger partial charge is 0.356 e. The Balaban J connectivity index is 1.72. The third-order valence-corrected chi connectivity index (χ3v) is 6.46. The number of fused-ring (bicyclic) bond motifs is 1. The fourth-order valence-corrected chi connectivity index (χ4v) is 4.26. The Kier molecular flexibility index (Phi) is 6.73. The molecule has 0 saturated heterocycles. The summed E-state index contributed by atoms with van der Waals surface area (Å²) in [5.74, 6) is 0.949. The number of nitrogens with one attached hydrogen (secondary N) is 2. The van der Waals surface area contributed by atoms with Crippen molar-refractivity contribution < 1.29 is 13.2 Å². The van der Waals surface area contributed by atoms with Crippen LogP contribution in [0.15, 0.2) is 41.3 Å². The van der Waals surface area contributed by atoms with Crippen molar-refractivity contribution in [3.05, 3.63) is 42.0 Å². The van der Waals surface area contributed by atoms with E-state index >= 15 is 0 Å². The lowest BCUT2D eigenvalue weighted by atomic mass is 10.0. The topological polar surface area (TPSA) is 75.3 Å². The zero-order chi connectivity index (χ0) is 19.3. The Morgan fingerprint density at radius 1 is 1.19 bits per heavy atom. The molecule has 1 saturated carbocycles. The Bertz CT molecular complexity index is 911. The van der Waals surface area contributed by atoms with E-state index in [4.69, 9.17) is 11.6 Å². The van der Waals surface area contributed by atoms with Crippen molar-refractivity contribution in [2.45, 2.75) is 37.0 Å². The number of carbonyl (C=O) groups excluding carboxylic acids is 1. The van der Waals surface area contributed by atoms with Crippen molar-refractivity contribution in [3.63, 3.8) is 0 Å². The van der Waals surface area contributed by atoms with Crippen molar-refractivity contribution in [1.29, 1.82) is 0 Å². The van der Waals surface area contributed by atoms with Crippen LogP contribution in [0.1, 0.15) is 31.2 Å². The summed E-state index contributed by atoms with van der Waals surface area (Å²) in [5.41, 5.74) is 1.02. The Morgan fingerprint density at radius 3 is 2.74 bits per heavy atom. The first-order valence-corrected chi connectivity index (χ1v) is 11.4. The zero-order valence-corrected chi connectivity index (χ0v) is 16.8. The van der Waals surface area contributed by atoms with Gasteiger partial charge in [-0.25, -0.2) is 13.1 Å². The summed E-state index contributed by atoms with van der Waals surface area (Å²) in [4.78, 5) is 12.0. The number of hydrogen-bond acceptors (Lipinski definition) is 3. The molecule has 1 amide bonds. The average Bonchev–Trinajstić information content (AvgIpc) is 3.49. The number of benzene rings is 2. The van der Waals surface area contributed by atoms with E-state index in [9.17, 15) is 13.2 Å². The van der Waals surface area contributed by atoms with Crippen molar-refractivity contribution in [2.75, 3.05) is 19.0 Å². The summed E-state index contributed by atoms with van der Waals surface area (Å²) in [7, 11) is -3.50. The fourth-order valence-electron chi connectivity index (χ4n) is 2.99. The highest BCUT2D eigenvalue weighted by molar-refractivity contribution is 7.89. The molecule has 0 spiro atoms. The molecule has 7 heteroatoms. The molecule has 0 radical (unpaired) electrons. The lowest BCUT2D eigenvalue weighted by molar-refractivity contribution is -0.121. The van der Waals surface area contributed by atoms with Gasteiger partial charge in [-0.1, -0.05) is 24.3 Å². The highest BCUT2D eigenvalue weighted by Crippen LogP contribution is 2.28. The van der Waals surface area contributed by atoms with E-state index in [1.165, 1.54) is 0 Å². The summed E-state index contributed by atoms with van der Waals surface area (Å²) in [6, 6.07) is 11.1. The van der Waals surface area contributed by atoms with E-state index in [2.05, 4.69) is 10.0 Å². The van der Waals surface area contributed by atoms with Crippen molar-refractivity contribution >= 4 is 38.3 Å². The standard InChI is InChI=1S/C20H25ClN2O3S/c21-11-2-5-20(24)22-12-10-17-4-1-3-16-8-9-18(13-19(16)17)27(25,26)23-14-15-6-7-15/h1,3-4,8-9,13,15,23H,2,5-7,10-12,14H2,(H,22,24). The minimum absolute atomic E-state index is 0.0107. The molecule has 1 fully saturated rings. The quantitative estimate of drug-likeness (QED) is 0.593. The van der Waals surface area contributed by atoms with E-state index < -0.39 is 10.0 Å². The molecule has 2 aromatic rings. The van der Waals surface area contributed by atoms with Crippen molar-refractivity contribution in [3.8, 4) is 0 Å². The van der Waals surface area contributed by atoms with Crippen LogP contribution in [0.5, 0.6) is 0 Å². The summed E-state index contributed by atoms with van der Waals surface area (Å²) < 4.78 is 27.8. The van der Waals surface area contributed by atoms with Crippen molar-refractivity contribution in [2.24, 2.45) is 5.92 Å². The number of halogens is 1. The SMILES string of the molecule is O=C(CCCCl)NCCc1cccc2ccc(S(=O)(=O)NCC3CC3)cc12. The minimum Gasteiger partial charge on any atom is -0.356 e. The first-order valence-electron chi connectivity index (χ1n) is 9.33. The van der Waals surface area contributed by atoms with Crippen LogP contribution in [-0.4, -0.2) is 33.3 Å². The molecule has 2 N–H and O–H groups in total. The van der Waals surface area contributed by atoms with Gasteiger partial charge in [0.25, 0.3) is 0 Å². The summed E-state index contributed by atoms with van der Waals surface area (Å²) in [6.45, 7) is 1.02. The maximum atomic E-state index is 12.5. The maximum absolute atomic E-state index is 12.5. The first kappa shape index (κ1) is 20.1. The molecule has 1 aliphatic rings. The second-order valence-electron chi connectivity index (χ2n) is 6.99. The molecule has 0 aromatic heterocycles. The van der Waals surface area contributed by atoms with Crippen LogP contribution < -0.4 is 10.0 Å². The van der Waals surface area contributed by atoms with Gasteiger partial charge in [0, 0.05) is 25.4 Å². The predicted molar refractivity (Wildman–Crippen MR) is 109 cm³/mol. The van der Waals surface area contributed by atoms with Gasteiger partial charge in [-0.15, -0.1) is 11.6 Å². The zero-order valence-electron chi connectivity index (χ0n) is 15.2. The van der Waals surface area contributed by atoms with Crippen LogP contribution in [0.3, 0.4) is 0 Å². The van der Waals surface area contributed by atoms with E-state index in [0.717, 1.165) is 29.2 Å². The minimum atomic E-state index is -3.50. The van der Waals surface area contributed by atoms with Gasteiger partial charge in [0.1, 0.15) is 0 Å². The third kappa shape index (κ3) is 5.67. The van der Waals surface area contributed by atoms with Crippen LogP contribution in [0, 0.1) is 5.92 Å². The molecular formula is C20H25ClN2O3S. The molecule has 0 heterocycles. The van der Waals surface area contributed by atoms with Crippen LogP contribution in [0.4, 0.5) is 0 Å². The number of amides is 1. The van der Waals surface area contributed by atoms with Crippen LogP contribution >= 0.6 is 11.6 Å². The lowest BCUT2D eigenvalue weighted by Gasteiger charge is -2.11. The maximum Gasteiger partial charge on any atom is 0.240 e. The van der Waals surface area contributed by atoms with Crippen LogP contribution in [-0.2, 0) is 21.2 Å². The second kappa shape index (κ2) is 9.04. The van der Waals surface area contributed by atoms with E-state index in [1.807, 2.05) is 24.3 Å². The van der Waals surface area contributed by atoms with Gasteiger partial charge in [-0.3, -0.25) is 4.79 Å². The van der Waals surface area contributed by atoms with Gasteiger partial charge in [0.2, 0.25) is 15.9 Å². The van der Waals surface area contributed by atoms with E-state index in [-0.39, 0.29) is 10.8 Å². The van der Waals surface area contributed by atoms with E-state index in [1.54, 1.807) is 12.1 Å². The Hall–Kier alpha value is -1.63. The molecule has 5 nitrogen and oxygen atoms in total. The summed E-state index contributed by atoms with van der Waals surface area (Å²) in [5, 5.41) is 4.78. The Labute approximate surface area is 165 Å². The average molecular weight is 409 g/mol. The van der Waals surface area contributed by atoms with Gasteiger partial charge in [0.15, 0.2) is 0 Å². The molecule has 3 rings (SSSR count). The first-order chi connectivity index (χ1) is 13.0. The number of sulfonamides is 1. The molecule has 1 aliphatic carbocycles. The second-order valence-corrected chi connectivity index (χ2v) is 9.13. The Morgan fingerprint density at radius 2 is 2.00 bits per heavy atom. The normalized spacial score (nSPS) is 14.4. The highest BCUT2D eigenvalue weighted by Gasteiger charge is 2.24. The third-order valence-electron chi connectivity index (χ3n) is 4.77. The smallest absolute Gasteiger partial charge is 0.240 e. The van der Waals surface area contributed by atoms with Crippen molar-refractivity contribution in [1.82, 2.24) is 10.0 Å². The van der Waals surface area contributed by atoms with Gasteiger partial charge in [0.05, 0.1) is 4.90 Å². The number of carbonyl (C=O) groups is 1. The van der Waals surface area contributed by atoms with Crippen LogP contribution in [0.25, 0.3) is 10.8 Å². The molecule has 0 unspecified atom stereocenters. The van der Waals surface area contributed by atoms with Crippen LogP contribution in [0.2, 0.25) is 0 Å². The molecular weight excluding hydrogens is 384 g/mol. The number of alkyl halides is 1. The molecule has 0 aliphatic heterocycles. The highest BCUT2D eigenvalue weighted by atomic mass is 35.5. The molecule has 0 bridgehead atoms. The van der Waals surface area contributed by atoms with Gasteiger partial charge in [-0.05, 0) is 60.1 Å². The number of rotatable bonds is 10. The van der Waals surface area contributed by atoms with Gasteiger partial charge >= 0.3 is 0 Å². The molecule has 0 atom stereocenters. The molecule has 146 valence electrons. The molecule has 27 heavy (non-hydrogen) atoms. The van der Waals surface area contributed by atoms with E-state index in [0.29, 0.717) is 44.1 Å². The van der Waals surface area contributed by atoms with Gasteiger partial charge < -0.3 is 5.32 Å². The fraction of sp³-hybridized carbons (Fsp3) is 0.450.